The van der Waals surface area contributed by atoms with E-state index in [4.69, 9.17) is 0 Å². The van der Waals surface area contributed by atoms with Crippen LogP contribution in [-0.4, -0.2) is 36.3 Å². The van der Waals surface area contributed by atoms with Crippen LogP contribution < -0.4 is 10.6 Å². The Labute approximate surface area is 147 Å². The molecule has 0 unspecified atom stereocenters. The van der Waals surface area contributed by atoms with Crippen molar-refractivity contribution >= 4 is 23.7 Å². The maximum Gasteiger partial charge on any atom is 0.256 e. The van der Waals surface area contributed by atoms with Gasteiger partial charge in [0.15, 0.2) is 11.6 Å². The number of nitrogens with zero attached hydrogens (tertiary/aromatic N) is 1. The third-order valence-corrected chi connectivity index (χ3v) is 4.18. The Morgan fingerprint density at radius 1 is 1.15 bits per heavy atom. The number of nitrogens with one attached hydrogen (secondary N) is 2. The van der Waals surface area contributed by atoms with Gasteiger partial charge >= 0.3 is 0 Å². The van der Waals surface area contributed by atoms with Crippen LogP contribution in [0.2, 0.25) is 0 Å². The molecular weight excluding hydrogens is 347 g/mol. The quantitative estimate of drug-likeness (QED) is 0.803. The predicted octanol–water partition coefficient (Wildman–Crippen LogP) is 2.73. The van der Waals surface area contributed by atoms with E-state index in [1.807, 2.05) is 0 Å². The van der Waals surface area contributed by atoms with Crippen molar-refractivity contribution in [2.24, 2.45) is 0 Å². The summed E-state index contributed by atoms with van der Waals surface area (Å²) in [6.45, 7) is 2.21. The molecule has 0 saturated carbocycles. The molecule has 0 aromatic heterocycles. The highest BCUT2D eigenvalue weighted by atomic mass is 19.2. The molecule has 0 spiro atoms. The molecule has 2 aromatic carbocycles. The van der Waals surface area contributed by atoms with Crippen LogP contribution in [-0.2, 0) is 4.79 Å². The lowest BCUT2D eigenvalue weighted by Crippen LogP contribution is -2.59. The van der Waals surface area contributed by atoms with Gasteiger partial charge in [-0.2, -0.15) is 0 Å². The maximum absolute atomic E-state index is 14.3. The van der Waals surface area contributed by atoms with Gasteiger partial charge in [0.25, 0.3) is 5.91 Å². The zero-order valence-electron chi connectivity index (χ0n) is 13.9. The number of hydrogen-bond acceptors (Lipinski definition) is 3. The summed E-state index contributed by atoms with van der Waals surface area (Å²) in [7, 11) is 0. The molecule has 26 heavy (non-hydrogen) atoms. The normalized spacial score (nSPS) is 13.9. The van der Waals surface area contributed by atoms with Crippen LogP contribution in [0, 0.1) is 24.4 Å². The summed E-state index contributed by atoms with van der Waals surface area (Å²) in [6, 6.07) is 6.06. The Hall–Kier alpha value is -3.03. The third-order valence-electron chi connectivity index (χ3n) is 4.18. The minimum absolute atomic E-state index is 0.0711. The Morgan fingerprint density at radius 2 is 1.88 bits per heavy atom. The molecule has 3 rings (SSSR count). The Bertz CT molecular complexity index is 867. The molecule has 0 atom stereocenters. The zero-order valence-corrected chi connectivity index (χ0v) is 13.9. The third kappa shape index (κ3) is 3.35. The number of benzene rings is 2. The molecule has 0 bridgehead atoms. The second-order valence-corrected chi connectivity index (χ2v) is 6.08. The summed E-state index contributed by atoms with van der Waals surface area (Å²) >= 11 is 0. The van der Waals surface area contributed by atoms with Crippen molar-refractivity contribution in [3.05, 3.63) is 58.9 Å². The van der Waals surface area contributed by atoms with Crippen LogP contribution in [0.15, 0.2) is 30.3 Å². The SMILES string of the molecule is Cc1ccc(Nc2c(C(=O)N3CC(NC=O)C3)ccc(F)c2F)c(F)c1. The van der Waals surface area contributed by atoms with Crippen LogP contribution >= 0.6 is 0 Å². The number of likely N-dealkylation sites (tertiary alicyclic amines) is 1. The Morgan fingerprint density at radius 3 is 2.54 bits per heavy atom. The number of rotatable bonds is 5. The molecule has 1 saturated heterocycles. The minimum Gasteiger partial charge on any atom is -0.352 e. The fourth-order valence-electron chi connectivity index (χ4n) is 2.72. The van der Waals surface area contributed by atoms with Crippen molar-refractivity contribution in [2.45, 2.75) is 13.0 Å². The Kier molecular flexibility index (Phi) is 4.83. The average Bonchev–Trinajstić information content (AvgIpc) is 2.56. The zero-order chi connectivity index (χ0) is 18.8. The molecule has 8 heteroatoms. The molecular formula is C18H16F3N3O2. The van der Waals surface area contributed by atoms with Crippen LogP contribution in [0.25, 0.3) is 0 Å². The first-order valence-electron chi connectivity index (χ1n) is 7.91. The van der Waals surface area contributed by atoms with Crippen molar-refractivity contribution < 1.29 is 22.8 Å². The summed E-state index contributed by atoms with van der Waals surface area (Å²) in [6.07, 6.45) is 0.539. The van der Waals surface area contributed by atoms with Crippen molar-refractivity contribution in [1.29, 1.82) is 0 Å². The summed E-state index contributed by atoms with van der Waals surface area (Å²) in [5.74, 6) is -3.60. The van der Waals surface area contributed by atoms with Crippen LogP contribution in [0.3, 0.4) is 0 Å². The molecule has 5 nitrogen and oxygen atoms in total. The van der Waals surface area contributed by atoms with E-state index >= 15 is 0 Å². The molecule has 1 heterocycles. The van der Waals surface area contributed by atoms with E-state index in [2.05, 4.69) is 10.6 Å². The number of halogens is 3. The van der Waals surface area contributed by atoms with E-state index in [1.54, 1.807) is 13.0 Å². The highest BCUT2D eigenvalue weighted by Gasteiger charge is 2.33. The smallest absolute Gasteiger partial charge is 0.256 e. The van der Waals surface area contributed by atoms with Gasteiger partial charge in [-0.25, -0.2) is 13.2 Å². The summed E-state index contributed by atoms with van der Waals surface area (Å²) in [5.41, 5.74) is 0.0506. The van der Waals surface area contributed by atoms with Crippen molar-refractivity contribution in [1.82, 2.24) is 10.2 Å². The lowest BCUT2D eigenvalue weighted by molar-refractivity contribution is -0.111. The van der Waals surface area contributed by atoms with Crippen LogP contribution in [0.4, 0.5) is 24.5 Å². The van der Waals surface area contributed by atoms with E-state index in [-0.39, 0.29) is 30.4 Å². The van der Waals surface area contributed by atoms with Gasteiger partial charge in [-0.05, 0) is 36.8 Å². The van der Waals surface area contributed by atoms with E-state index in [0.717, 1.165) is 12.1 Å². The van der Waals surface area contributed by atoms with Gasteiger partial charge in [0.05, 0.1) is 23.0 Å². The molecule has 0 aliphatic carbocycles. The highest BCUT2D eigenvalue weighted by molar-refractivity contribution is 6.01. The fourth-order valence-corrected chi connectivity index (χ4v) is 2.72. The first-order chi connectivity index (χ1) is 12.4. The van der Waals surface area contributed by atoms with E-state index < -0.39 is 29.0 Å². The summed E-state index contributed by atoms with van der Waals surface area (Å²) in [4.78, 5) is 24.4. The predicted molar refractivity (Wildman–Crippen MR) is 89.7 cm³/mol. The highest BCUT2D eigenvalue weighted by Crippen LogP contribution is 2.30. The summed E-state index contributed by atoms with van der Waals surface area (Å²) in [5, 5.41) is 5.02. The van der Waals surface area contributed by atoms with Gasteiger partial charge in [0.1, 0.15) is 5.82 Å². The van der Waals surface area contributed by atoms with Gasteiger partial charge in [0, 0.05) is 13.1 Å². The second kappa shape index (κ2) is 7.07. The largest absolute Gasteiger partial charge is 0.352 e. The van der Waals surface area contributed by atoms with Gasteiger partial charge in [0.2, 0.25) is 6.41 Å². The van der Waals surface area contributed by atoms with E-state index in [9.17, 15) is 22.8 Å². The summed E-state index contributed by atoms with van der Waals surface area (Å²) < 4.78 is 42.0. The molecule has 2 amide bonds. The molecule has 0 radical (unpaired) electrons. The van der Waals surface area contributed by atoms with E-state index in [0.29, 0.717) is 12.0 Å². The standard InChI is InChI=1S/C18H16F3N3O2/c1-10-2-5-15(14(20)6-10)23-17-12(3-4-13(19)16(17)21)18(26)24-7-11(8-24)22-9-25/h2-6,9,11,23H,7-8H2,1H3,(H,22,25). The number of anilines is 2. The van der Waals surface area contributed by atoms with Crippen LogP contribution in [0.5, 0.6) is 0 Å². The minimum atomic E-state index is -1.26. The molecule has 136 valence electrons. The van der Waals surface area contributed by atoms with E-state index in [1.165, 1.54) is 17.0 Å². The number of amides is 2. The van der Waals surface area contributed by atoms with Gasteiger partial charge in [-0.3, -0.25) is 9.59 Å². The first-order valence-corrected chi connectivity index (χ1v) is 7.91. The van der Waals surface area contributed by atoms with Crippen molar-refractivity contribution in [3.63, 3.8) is 0 Å². The topological polar surface area (TPSA) is 61.4 Å². The first kappa shape index (κ1) is 17.8. The van der Waals surface area contributed by atoms with Gasteiger partial charge < -0.3 is 15.5 Å². The van der Waals surface area contributed by atoms with Crippen LogP contribution in [0.1, 0.15) is 15.9 Å². The molecule has 2 aromatic rings. The molecule has 1 aliphatic heterocycles. The monoisotopic (exact) mass is 363 g/mol. The number of carbonyl (C=O) groups excluding carboxylic acids is 2. The molecule has 2 N–H and O–H groups in total. The fraction of sp³-hybridized carbons (Fsp3) is 0.222. The lowest BCUT2D eigenvalue weighted by atomic mass is 10.0. The Balaban J connectivity index is 1.90. The van der Waals surface area contributed by atoms with Crippen molar-refractivity contribution in [3.8, 4) is 0 Å². The number of aryl methyl sites for hydroxylation is 1. The second-order valence-electron chi connectivity index (χ2n) is 6.08. The molecule has 1 aliphatic rings. The van der Waals surface area contributed by atoms with Gasteiger partial charge in [-0.15, -0.1) is 0 Å². The van der Waals surface area contributed by atoms with Crippen molar-refractivity contribution in [2.75, 3.05) is 18.4 Å². The lowest BCUT2D eigenvalue weighted by Gasteiger charge is -2.39. The molecule has 1 fully saturated rings. The average molecular weight is 363 g/mol. The number of carbonyl (C=O) groups is 2. The van der Waals surface area contributed by atoms with Gasteiger partial charge in [-0.1, -0.05) is 6.07 Å². The maximum atomic E-state index is 14.3. The number of hydrogen-bond donors (Lipinski definition) is 2.